The van der Waals surface area contributed by atoms with Crippen LogP contribution in [0.4, 0.5) is 0 Å². The first-order valence-corrected chi connectivity index (χ1v) is 7.51. The molecule has 0 aliphatic carbocycles. The fraction of sp³-hybridized carbons (Fsp3) is 0.250. The summed E-state index contributed by atoms with van der Waals surface area (Å²) in [5.74, 6) is 1.09. The Morgan fingerprint density at radius 3 is 3.00 bits per heavy atom. The number of halogens is 1. The molecule has 8 heteroatoms. The third-order valence-electron chi connectivity index (χ3n) is 2.33. The van der Waals surface area contributed by atoms with Gasteiger partial charge in [-0.1, -0.05) is 5.16 Å². The van der Waals surface area contributed by atoms with E-state index in [2.05, 4.69) is 26.1 Å². The van der Waals surface area contributed by atoms with Crippen LogP contribution in [-0.4, -0.2) is 34.1 Å². The van der Waals surface area contributed by atoms with Gasteiger partial charge in [0.05, 0.1) is 23.1 Å². The van der Waals surface area contributed by atoms with Gasteiger partial charge < -0.3 is 14.4 Å². The highest BCUT2D eigenvalue weighted by Gasteiger charge is 2.11. The molecule has 0 bridgehead atoms. The maximum Gasteiger partial charge on any atom is 0.313 e. The van der Waals surface area contributed by atoms with Crippen LogP contribution in [0.15, 0.2) is 27.2 Å². The second-order valence-corrected chi connectivity index (χ2v) is 5.59. The van der Waals surface area contributed by atoms with Crippen molar-refractivity contribution in [1.29, 1.82) is 0 Å². The van der Waals surface area contributed by atoms with E-state index in [-0.39, 0.29) is 5.75 Å². The van der Waals surface area contributed by atoms with Crippen molar-refractivity contribution in [3.63, 3.8) is 0 Å². The first kappa shape index (κ1) is 14.9. The van der Waals surface area contributed by atoms with Gasteiger partial charge in [-0.25, -0.2) is 0 Å². The minimum absolute atomic E-state index is 0.00575. The topological polar surface area (TPSA) is 85.5 Å². The number of benzene rings is 1. The molecule has 1 N–H and O–H groups in total. The van der Waals surface area contributed by atoms with Gasteiger partial charge in [-0.15, -0.1) is 11.8 Å². The maximum atomic E-state index is 10.4. The number of carbonyl (C=O) groups is 1. The predicted molar refractivity (Wildman–Crippen MR) is 77.8 cm³/mol. The lowest BCUT2D eigenvalue weighted by atomic mass is 10.2. The highest BCUT2D eigenvalue weighted by molar-refractivity contribution is 9.10. The Bertz CT molecular complexity index is 617. The van der Waals surface area contributed by atoms with Gasteiger partial charge in [0, 0.05) is 5.56 Å². The first-order chi connectivity index (χ1) is 9.60. The van der Waals surface area contributed by atoms with Crippen LogP contribution in [0.1, 0.15) is 5.89 Å². The van der Waals surface area contributed by atoms with Crippen LogP contribution in [-0.2, 0) is 10.5 Å². The number of hydrogen-bond donors (Lipinski definition) is 1. The fourth-order valence-electron chi connectivity index (χ4n) is 1.46. The van der Waals surface area contributed by atoms with Crippen LogP contribution in [0, 0.1) is 0 Å². The summed E-state index contributed by atoms with van der Waals surface area (Å²) in [5.41, 5.74) is 0.788. The number of rotatable bonds is 6. The highest BCUT2D eigenvalue weighted by Crippen LogP contribution is 2.29. The summed E-state index contributed by atoms with van der Waals surface area (Å²) in [6, 6.07) is 5.45. The molecule has 1 aromatic heterocycles. The van der Waals surface area contributed by atoms with Gasteiger partial charge in [-0.3, -0.25) is 4.79 Å². The largest absolute Gasteiger partial charge is 0.496 e. The number of aromatic nitrogens is 2. The van der Waals surface area contributed by atoms with Crippen molar-refractivity contribution in [2.75, 3.05) is 12.9 Å². The molecular formula is C12H11BrN2O4S. The summed E-state index contributed by atoms with van der Waals surface area (Å²) in [6.45, 7) is 0. The molecule has 0 atom stereocenters. The Hall–Kier alpha value is -1.54. The van der Waals surface area contributed by atoms with Crippen molar-refractivity contribution in [3.8, 4) is 17.1 Å². The van der Waals surface area contributed by atoms with E-state index < -0.39 is 5.97 Å². The molecule has 2 rings (SSSR count). The molecule has 6 nitrogen and oxygen atoms in total. The molecule has 0 amide bonds. The molecule has 0 unspecified atom stereocenters. The van der Waals surface area contributed by atoms with Gasteiger partial charge in [0.1, 0.15) is 5.75 Å². The van der Waals surface area contributed by atoms with E-state index in [9.17, 15) is 4.79 Å². The lowest BCUT2D eigenvalue weighted by Gasteiger charge is -2.03. The Morgan fingerprint density at radius 2 is 2.35 bits per heavy atom. The predicted octanol–water partition coefficient (Wildman–Crippen LogP) is 2.83. The number of aliphatic carboxylic acids is 1. The summed E-state index contributed by atoms with van der Waals surface area (Å²) >= 11 is 4.60. The molecule has 2 aromatic rings. The SMILES string of the molecule is COc1ccc(-c2noc(CSCC(=O)O)n2)cc1Br. The monoisotopic (exact) mass is 358 g/mol. The second kappa shape index (κ2) is 6.76. The van der Waals surface area contributed by atoms with Crippen LogP contribution in [0.3, 0.4) is 0 Å². The summed E-state index contributed by atoms with van der Waals surface area (Å²) < 4.78 is 11.0. The number of ether oxygens (including phenoxy) is 1. The van der Waals surface area contributed by atoms with E-state index in [1.54, 1.807) is 13.2 Å². The molecule has 0 saturated carbocycles. The van der Waals surface area contributed by atoms with Crippen molar-refractivity contribution in [2.24, 2.45) is 0 Å². The minimum Gasteiger partial charge on any atom is -0.496 e. The van der Waals surface area contributed by atoms with Gasteiger partial charge in [-0.2, -0.15) is 4.98 Å². The zero-order valence-corrected chi connectivity index (χ0v) is 12.9. The van der Waals surface area contributed by atoms with Crippen molar-refractivity contribution < 1.29 is 19.2 Å². The molecule has 0 saturated heterocycles. The smallest absolute Gasteiger partial charge is 0.313 e. The first-order valence-electron chi connectivity index (χ1n) is 5.56. The van der Waals surface area contributed by atoms with Gasteiger partial charge >= 0.3 is 5.97 Å². The van der Waals surface area contributed by atoms with E-state index in [1.165, 1.54) is 11.8 Å². The van der Waals surface area contributed by atoms with Crippen molar-refractivity contribution in [1.82, 2.24) is 10.1 Å². The Balaban J connectivity index is 2.08. The quantitative estimate of drug-likeness (QED) is 0.849. The lowest BCUT2D eigenvalue weighted by molar-refractivity contribution is -0.133. The molecule has 1 heterocycles. The lowest BCUT2D eigenvalue weighted by Crippen LogP contribution is -1.98. The average Bonchev–Trinajstić information content (AvgIpc) is 2.87. The minimum atomic E-state index is -0.867. The number of nitrogens with zero attached hydrogens (tertiary/aromatic N) is 2. The Labute approximate surface area is 127 Å². The maximum absolute atomic E-state index is 10.4. The van der Waals surface area contributed by atoms with E-state index >= 15 is 0 Å². The van der Waals surface area contributed by atoms with Crippen LogP contribution in [0.5, 0.6) is 5.75 Å². The number of thioether (sulfide) groups is 1. The fourth-order valence-corrected chi connectivity index (χ4v) is 2.57. The normalized spacial score (nSPS) is 10.5. The molecule has 0 aliphatic rings. The molecule has 20 heavy (non-hydrogen) atoms. The van der Waals surface area contributed by atoms with E-state index in [1.807, 2.05) is 12.1 Å². The highest BCUT2D eigenvalue weighted by atomic mass is 79.9. The van der Waals surface area contributed by atoms with Gasteiger partial charge in [-0.05, 0) is 34.1 Å². The summed E-state index contributed by atoms with van der Waals surface area (Å²) in [4.78, 5) is 14.6. The zero-order chi connectivity index (χ0) is 14.5. The van der Waals surface area contributed by atoms with Gasteiger partial charge in [0.25, 0.3) is 0 Å². The van der Waals surface area contributed by atoms with Crippen LogP contribution in [0.2, 0.25) is 0 Å². The molecule has 0 spiro atoms. The molecular weight excluding hydrogens is 348 g/mol. The van der Waals surface area contributed by atoms with Crippen LogP contribution in [0.25, 0.3) is 11.4 Å². The number of carboxylic acid groups (broad SMARTS) is 1. The third kappa shape index (κ3) is 3.73. The number of carboxylic acids is 1. The number of methoxy groups -OCH3 is 1. The third-order valence-corrected chi connectivity index (χ3v) is 3.85. The van der Waals surface area contributed by atoms with E-state index in [0.717, 1.165) is 15.8 Å². The van der Waals surface area contributed by atoms with E-state index in [0.29, 0.717) is 17.5 Å². The molecule has 1 aromatic carbocycles. The summed E-state index contributed by atoms with van der Waals surface area (Å²) in [7, 11) is 1.59. The average molecular weight is 359 g/mol. The second-order valence-electron chi connectivity index (χ2n) is 3.75. The standard InChI is InChI=1S/C12H11BrN2O4S/c1-18-9-3-2-7(4-8(9)13)12-14-10(19-15-12)5-20-6-11(16)17/h2-4H,5-6H2,1H3,(H,16,17). The van der Waals surface area contributed by atoms with Crippen molar-refractivity contribution in [3.05, 3.63) is 28.6 Å². The van der Waals surface area contributed by atoms with Gasteiger partial charge in [0.15, 0.2) is 0 Å². The van der Waals surface area contributed by atoms with Crippen molar-refractivity contribution >= 4 is 33.7 Å². The molecule has 0 fully saturated rings. The van der Waals surface area contributed by atoms with Crippen molar-refractivity contribution in [2.45, 2.75) is 5.75 Å². The molecule has 106 valence electrons. The molecule has 0 aliphatic heterocycles. The number of hydrogen-bond acceptors (Lipinski definition) is 6. The summed E-state index contributed by atoms with van der Waals surface area (Å²) in [6.07, 6.45) is 0. The summed E-state index contributed by atoms with van der Waals surface area (Å²) in [5, 5.41) is 12.4. The van der Waals surface area contributed by atoms with Crippen LogP contribution >= 0.6 is 27.7 Å². The molecule has 0 radical (unpaired) electrons. The van der Waals surface area contributed by atoms with E-state index in [4.69, 9.17) is 14.4 Å². The zero-order valence-electron chi connectivity index (χ0n) is 10.5. The Morgan fingerprint density at radius 1 is 1.55 bits per heavy atom. The van der Waals surface area contributed by atoms with Crippen LogP contribution < -0.4 is 4.74 Å². The Kier molecular flexibility index (Phi) is 5.02. The van der Waals surface area contributed by atoms with Gasteiger partial charge in [0.2, 0.25) is 11.7 Å².